The predicted octanol–water partition coefficient (Wildman–Crippen LogP) is 2.77. The van der Waals surface area contributed by atoms with Crippen LogP contribution in [0, 0.1) is 0 Å². The van der Waals surface area contributed by atoms with Crippen molar-refractivity contribution in [2.75, 3.05) is 13.7 Å². The molecule has 0 saturated heterocycles. The highest BCUT2D eigenvalue weighted by Gasteiger charge is 2.16. The van der Waals surface area contributed by atoms with Crippen LogP contribution in [0.15, 0.2) is 9.85 Å². The summed E-state index contributed by atoms with van der Waals surface area (Å²) in [5, 5.41) is 2.95. The Morgan fingerprint density at radius 2 is 2.39 bits per heavy atom. The predicted molar refractivity (Wildman–Crippen MR) is 78.4 cm³/mol. The highest BCUT2D eigenvalue weighted by molar-refractivity contribution is 9.11. The van der Waals surface area contributed by atoms with Crippen molar-refractivity contribution in [3.63, 3.8) is 0 Å². The van der Waals surface area contributed by atoms with Gasteiger partial charge in [-0.15, -0.1) is 11.3 Å². The maximum atomic E-state index is 12.0. The van der Waals surface area contributed by atoms with E-state index in [-0.39, 0.29) is 11.9 Å². The summed E-state index contributed by atoms with van der Waals surface area (Å²) in [4.78, 5) is 12.7. The van der Waals surface area contributed by atoms with Crippen molar-refractivity contribution in [2.45, 2.75) is 32.2 Å². The number of halogens is 1. The van der Waals surface area contributed by atoms with Gasteiger partial charge in [-0.05, 0) is 22.4 Å². The number of amides is 1. The van der Waals surface area contributed by atoms with E-state index in [0.29, 0.717) is 17.2 Å². The van der Waals surface area contributed by atoms with Crippen LogP contribution in [-0.2, 0) is 0 Å². The van der Waals surface area contributed by atoms with Crippen LogP contribution in [0.3, 0.4) is 0 Å². The van der Waals surface area contributed by atoms with Gasteiger partial charge in [0.15, 0.2) is 0 Å². The molecule has 0 saturated carbocycles. The maximum absolute atomic E-state index is 12.0. The lowest BCUT2D eigenvalue weighted by Gasteiger charge is -2.15. The largest absolute Gasteiger partial charge is 0.495 e. The molecule has 4 nitrogen and oxygen atoms in total. The van der Waals surface area contributed by atoms with Gasteiger partial charge >= 0.3 is 0 Å². The van der Waals surface area contributed by atoms with Gasteiger partial charge < -0.3 is 15.8 Å². The van der Waals surface area contributed by atoms with Gasteiger partial charge in [0.2, 0.25) is 0 Å². The van der Waals surface area contributed by atoms with Crippen LogP contribution in [0.2, 0.25) is 0 Å². The van der Waals surface area contributed by atoms with Gasteiger partial charge in [-0.3, -0.25) is 4.79 Å². The molecule has 1 atom stereocenters. The van der Waals surface area contributed by atoms with E-state index in [1.807, 2.05) is 0 Å². The lowest BCUT2D eigenvalue weighted by atomic mass is 10.1. The lowest BCUT2D eigenvalue weighted by molar-refractivity contribution is 0.0939. The first kappa shape index (κ1) is 15.5. The molecule has 0 aliphatic heterocycles. The first-order valence-corrected chi connectivity index (χ1v) is 7.57. The van der Waals surface area contributed by atoms with E-state index in [2.05, 4.69) is 28.2 Å². The normalized spacial score (nSPS) is 12.2. The molecular formula is C12H19BrN2O2S. The lowest BCUT2D eigenvalue weighted by Crippen LogP contribution is -2.39. The minimum Gasteiger partial charge on any atom is -0.495 e. The highest BCUT2D eigenvalue weighted by atomic mass is 79.9. The third-order valence-corrected chi connectivity index (χ3v) is 4.41. The van der Waals surface area contributed by atoms with Crippen molar-refractivity contribution in [2.24, 2.45) is 5.73 Å². The molecule has 1 aromatic heterocycles. The molecule has 1 unspecified atom stereocenters. The van der Waals surface area contributed by atoms with Crippen LogP contribution in [-0.4, -0.2) is 25.6 Å². The minimum absolute atomic E-state index is 0.0457. The standard InChI is InChI=1S/C12H19BrN2O2S/c1-3-4-5-8(7-14)15-12(16)10-6-9(17-2)11(13)18-10/h6,8H,3-5,7,14H2,1-2H3,(H,15,16). The number of hydrogen-bond acceptors (Lipinski definition) is 4. The van der Waals surface area contributed by atoms with Gasteiger partial charge in [-0.25, -0.2) is 0 Å². The van der Waals surface area contributed by atoms with Crippen LogP contribution >= 0.6 is 27.3 Å². The first-order valence-electron chi connectivity index (χ1n) is 5.96. The van der Waals surface area contributed by atoms with Crippen molar-refractivity contribution in [3.8, 4) is 5.75 Å². The van der Waals surface area contributed by atoms with Crippen molar-refractivity contribution in [1.82, 2.24) is 5.32 Å². The number of hydrogen-bond donors (Lipinski definition) is 2. The monoisotopic (exact) mass is 334 g/mol. The summed E-state index contributed by atoms with van der Waals surface area (Å²) >= 11 is 4.72. The molecule has 0 aromatic carbocycles. The summed E-state index contributed by atoms with van der Waals surface area (Å²) in [5.41, 5.74) is 5.66. The topological polar surface area (TPSA) is 64.3 Å². The first-order chi connectivity index (χ1) is 8.62. The van der Waals surface area contributed by atoms with Gasteiger partial charge in [0.05, 0.1) is 12.0 Å². The second-order valence-electron chi connectivity index (χ2n) is 4.00. The summed E-state index contributed by atoms with van der Waals surface area (Å²) in [7, 11) is 1.58. The molecule has 1 rings (SSSR count). The zero-order valence-electron chi connectivity index (χ0n) is 10.7. The quantitative estimate of drug-likeness (QED) is 0.805. The van der Waals surface area contributed by atoms with E-state index >= 15 is 0 Å². The Labute approximate surface area is 120 Å². The number of nitrogens with two attached hydrogens (primary N) is 1. The van der Waals surface area contributed by atoms with Gasteiger partial charge in [0.25, 0.3) is 5.91 Å². The smallest absolute Gasteiger partial charge is 0.261 e. The second kappa shape index (κ2) is 7.76. The average molecular weight is 335 g/mol. The summed E-state index contributed by atoms with van der Waals surface area (Å²) in [6.07, 6.45) is 3.09. The molecule has 6 heteroatoms. The van der Waals surface area contributed by atoms with Crippen molar-refractivity contribution < 1.29 is 9.53 Å². The van der Waals surface area contributed by atoms with E-state index in [1.165, 1.54) is 11.3 Å². The molecule has 0 spiro atoms. The maximum Gasteiger partial charge on any atom is 0.261 e. The SMILES string of the molecule is CCCCC(CN)NC(=O)c1cc(OC)c(Br)s1. The molecule has 0 bridgehead atoms. The molecule has 0 radical (unpaired) electrons. The Bertz CT molecular complexity index is 395. The van der Waals surface area contributed by atoms with Crippen molar-refractivity contribution in [1.29, 1.82) is 0 Å². The summed E-state index contributed by atoms with van der Waals surface area (Å²) in [5.74, 6) is 0.596. The van der Waals surface area contributed by atoms with Gasteiger partial charge in [-0.1, -0.05) is 19.8 Å². The van der Waals surface area contributed by atoms with Crippen LogP contribution < -0.4 is 15.8 Å². The van der Waals surface area contributed by atoms with Crippen molar-refractivity contribution in [3.05, 3.63) is 14.7 Å². The van der Waals surface area contributed by atoms with Gasteiger partial charge in [-0.2, -0.15) is 0 Å². The third-order valence-electron chi connectivity index (χ3n) is 2.63. The molecule has 3 N–H and O–H groups in total. The number of methoxy groups -OCH3 is 1. The zero-order valence-corrected chi connectivity index (χ0v) is 13.1. The molecule has 0 fully saturated rings. The molecule has 1 aromatic rings. The van der Waals surface area contributed by atoms with E-state index in [4.69, 9.17) is 10.5 Å². The van der Waals surface area contributed by atoms with Crippen LogP contribution in [0.25, 0.3) is 0 Å². The molecule has 1 amide bonds. The minimum atomic E-state index is -0.0875. The fourth-order valence-electron chi connectivity index (χ4n) is 1.56. The summed E-state index contributed by atoms with van der Waals surface area (Å²) in [6, 6.07) is 1.78. The number of nitrogens with one attached hydrogen (secondary N) is 1. The van der Waals surface area contributed by atoms with Gasteiger partial charge in [0, 0.05) is 18.7 Å². The third kappa shape index (κ3) is 4.26. The van der Waals surface area contributed by atoms with Crippen LogP contribution in [0.4, 0.5) is 0 Å². The molecule has 0 aliphatic rings. The van der Waals surface area contributed by atoms with Crippen LogP contribution in [0.5, 0.6) is 5.75 Å². The summed E-state index contributed by atoms with van der Waals surface area (Å²) < 4.78 is 5.96. The number of thiophene rings is 1. The zero-order chi connectivity index (χ0) is 13.5. The van der Waals surface area contributed by atoms with E-state index < -0.39 is 0 Å². The highest BCUT2D eigenvalue weighted by Crippen LogP contribution is 2.34. The summed E-state index contributed by atoms with van der Waals surface area (Å²) in [6.45, 7) is 2.59. The number of unbranched alkanes of at least 4 members (excludes halogenated alkanes) is 1. The Hall–Kier alpha value is -0.590. The van der Waals surface area contributed by atoms with Gasteiger partial charge in [0.1, 0.15) is 9.54 Å². The van der Waals surface area contributed by atoms with Crippen molar-refractivity contribution >= 4 is 33.2 Å². The molecule has 18 heavy (non-hydrogen) atoms. The number of ether oxygens (including phenoxy) is 1. The van der Waals surface area contributed by atoms with E-state index in [9.17, 15) is 4.79 Å². The Kier molecular flexibility index (Phi) is 6.67. The number of carbonyl (C=O) groups excluding carboxylic acids is 1. The Balaban J connectivity index is 2.62. The number of carbonyl (C=O) groups is 1. The fourth-order valence-corrected chi connectivity index (χ4v) is 3.11. The Morgan fingerprint density at radius 1 is 1.67 bits per heavy atom. The fraction of sp³-hybridized carbons (Fsp3) is 0.583. The van der Waals surface area contributed by atoms with E-state index in [1.54, 1.807) is 13.2 Å². The Morgan fingerprint density at radius 3 is 2.89 bits per heavy atom. The molecule has 1 heterocycles. The average Bonchev–Trinajstić information content (AvgIpc) is 2.75. The molecular weight excluding hydrogens is 316 g/mol. The van der Waals surface area contributed by atoms with Crippen LogP contribution in [0.1, 0.15) is 35.9 Å². The molecule has 0 aliphatic carbocycles. The number of rotatable bonds is 7. The molecule has 102 valence electrons. The van der Waals surface area contributed by atoms with E-state index in [0.717, 1.165) is 23.0 Å². The second-order valence-corrected chi connectivity index (χ2v) is 6.37.